The molecule has 62 valence electrons. The SMILES string of the molecule is CCOC(=O)O/N=C(\C)C=O. The van der Waals surface area contributed by atoms with Crippen molar-refractivity contribution in [1.29, 1.82) is 0 Å². The number of hydrogen-bond acceptors (Lipinski definition) is 5. The van der Waals surface area contributed by atoms with Gasteiger partial charge in [-0.05, 0) is 13.8 Å². The van der Waals surface area contributed by atoms with Gasteiger partial charge in [0, 0.05) is 0 Å². The van der Waals surface area contributed by atoms with Crippen LogP contribution in [0.25, 0.3) is 0 Å². The largest absolute Gasteiger partial charge is 0.535 e. The van der Waals surface area contributed by atoms with Gasteiger partial charge < -0.3 is 4.74 Å². The summed E-state index contributed by atoms with van der Waals surface area (Å²) >= 11 is 0. The minimum atomic E-state index is -0.909. The van der Waals surface area contributed by atoms with E-state index < -0.39 is 6.16 Å². The molecule has 0 aromatic rings. The van der Waals surface area contributed by atoms with E-state index in [9.17, 15) is 9.59 Å². The molecule has 0 aromatic carbocycles. The topological polar surface area (TPSA) is 65.0 Å². The molecular weight excluding hydrogens is 150 g/mol. The predicted octanol–water partition coefficient (Wildman–Crippen LogP) is 0.734. The standard InChI is InChI=1S/C6H9NO4/c1-3-10-6(9)11-7-5(2)4-8/h4H,3H2,1-2H3/b7-5+. The Bertz CT molecular complexity index is 175. The fourth-order valence-corrected chi connectivity index (χ4v) is 0.275. The summed E-state index contributed by atoms with van der Waals surface area (Å²) in [5.74, 6) is 0. The Morgan fingerprint density at radius 1 is 1.64 bits per heavy atom. The Kier molecular flexibility index (Phi) is 4.72. The summed E-state index contributed by atoms with van der Waals surface area (Å²) in [6.07, 6.45) is -0.437. The van der Waals surface area contributed by atoms with Crippen molar-refractivity contribution in [2.24, 2.45) is 5.16 Å². The quantitative estimate of drug-likeness (QED) is 0.200. The number of oxime groups is 1. The van der Waals surface area contributed by atoms with Crippen LogP contribution in [0, 0.1) is 0 Å². The first-order valence-electron chi connectivity index (χ1n) is 3.04. The average molecular weight is 159 g/mol. The highest BCUT2D eigenvalue weighted by atomic mass is 16.8. The molecule has 0 unspecified atom stereocenters. The lowest BCUT2D eigenvalue weighted by molar-refractivity contribution is -0.102. The third-order valence-electron chi connectivity index (χ3n) is 0.697. The van der Waals surface area contributed by atoms with Crippen LogP contribution in [0.2, 0.25) is 0 Å². The van der Waals surface area contributed by atoms with E-state index in [1.165, 1.54) is 6.92 Å². The maximum absolute atomic E-state index is 10.4. The van der Waals surface area contributed by atoms with Crippen LogP contribution in [-0.4, -0.2) is 24.8 Å². The first kappa shape index (κ1) is 9.61. The molecule has 0 heterocycles. The number of rotatable bonds is 3. The Balaban J connectivity index is 3.68. The zero-order valence-electron chi connectivity index (χ0n) is 6.36. The molecule has 0 aliphatic rings. The molecule has 0 aliphatic heterocycles. The van der Waals surface area contributed by atoms with Gasteiger partial charge in [0.1, 0.15) is 5.71 Å². The van der Waals surface area contributed by atoms with Gasteiger partial charge in [-0.15, -0.1) is 0 Å². The fourth-order valence-electron chi connectivity index (χ4n) is 0.275. The van der Waals surface area contributed by atoms with Gasteiger partial charge in [0.05, 0.1) is 6.61 Å². The Labute approximate surface area is 64.0 Å². The summed E-state index contributed by atoms with van der Waals surface area (Å²) in [4.78, 5) is 24.4. The molecule has 0 saturated heterocycles. The molecule has 0 bridgehead atoms. The van der Waals surface area contributed by atoms with Crippen LogP contribution in [0.15, 0.2) is 5.16 Å². The highest BCUT2D eigenvalue weighted by Gasteiger charge is 2.00. The van der Waals surface area contributed by atoms with Gasteiger partial charge in [-0.25, -0.2) is 4.79 Å². The maximum atomic E-state index is 10.4. The van der Waals surface area contributed by atoms with E-state index in [1.54, 1.807) is 6.92 Å². The second-order valence-electron chi connectivity index (χ2n) is 1.62. The molecule has 0 saturated carbocycles. The monoisotopic (exact) mass is 159 g/mol. The smallest absolute Gasteiger partial charge is 0.433 e. The number of ether oxygens (including phenoxy) is 1. The predicted molar refractivity (Wildman–Crippen MR) is 37.3 cm³/mol. The average Bonchev–Trinajstić information content (AvgIpc) is 2.01. The van der Waals surface area contributed by atoms with Crippen molar-refractivity contribution >= 4 is 18.2 Å². The molecule has 11 heavy (non-hydrogen) atoms. The fraction of sp³-hybridized carbons (Fsp3) is 0.500. The highest BCUT2D eigenvalue weighted by molar-refractivity contribution is 6.26. The van der Waals surface area contributed by atoms with Crippen LogP contribution >= 0.6 is 0 Å². The van der Waals surface area contributed by atoms with Gasteiger partial charge in [-0.3, -0.25) is 9.63 Å². The Morgan fingerprint density at radius 3 is 2.73 bits per heavy atom. The maximum Gasteiger partial charge on any atom is 0.535 e. The second kappa shape index (κ2) is 5.40. The van der Waals surface area contributed by atoms with Crippen LogP contribution in [0.1, 0.15) is 13.8 Å². The molecule has 0 atom stereocenters. The van der Waals surface area contributed by atoms with Gasteiger partial charge in [0.2, 0.25) is 0 Å². The summed E-state index contributed by atoms with van der Waals surface area (Å²) in [6.45, 7) is 3.26. The molecule has 0 spiro atoms. The third kappa shape index (κ3) is 5.07. The lowest BCUT2D eigenvalue weighted by atomic mass is 10.5. The van der Waals surface area contributed by atoms with Gasteiger partial charge in [0.15, 0.2) is 6.29 Å². The van der Waals surface area contributed by atoms with E-state index in [0.717, 1.165) is 0 Å². The normalized spacial score (nSPS) is 10.5. The number of nitrogens with zero attached hydrogens (tertiary/aromatic N) is 1. The minimum Gasteiger partial charge on any atom is -0.433 e. The Morgan fingerprint density at radius 2 is 2.27 bits per heavy atom. The summed E-state index contributed by atoms with van der Waals surface area (Å²) in [7, 11) is 0. The van der Waals surface area contributed by atoms with Gasteiger partial charge in [0.25, 0.3) is 0 Å². The van der Waals surface area contributed by atoms with Crippen molar-refractivity contribution in [3.63, 3.8) is 0 Å². The molecule has 5 nitrogen and oxygen atoms in total. The van der Waals surface area contributed by atoms with E-state index in [0.29, 0.717) is 6.29 Å². The molecule has 0 aromatic heterocycles. The van der Waals surface area contributed by atoms with E-state index in [4.69, 9.17) is 0 Å². The van der Waals surface area contributed by atoms with Crippen LogP contribution < -0.4 is 0 Å². The van der Waals surface area contributed by atoms with E-state index in [-0.39, 0.29) is 12.3 Å². The zero-order chi connectivity index (χ0) is 8.69. The molecule has 0 aliphatic carbocycles. The van der Waals surface area contributed by atoms with Gasteiger partial charge in [-0.1, -0.05) is 5.16 Å². The van der Waals surface area contributed by atoms with Gasteiger partial charge in [-0.2, -0.15) is 0 Å². The molecule has 0 N–H and O–H groups in total. The Hall–Kier alpha value is -1.39. The molecule has 0 amide bonds. The summed E-state index contributed by atoms with van der Waals surface area (Å²) in [5, 5.41) is 3.14. The summed E-state index contributed by atoms with van der Waals surface area (Å²) < 4.78 is 4.35. The lowest BCUT2D eigenvalue weighted by Gasteiger charge is -1.95. The van der Waals surface area contributed by atoms with E-state index >= 15 is 0 Å². The third-order valence-corrected chi connectivity index (χ3v) is 0.697. The highest BCUT2D eigenvalue weighted by Crippen LogP contribution is 1.85. The summed E-state index contributed by atoms with van der Waals surface area (Å²) in [6, 6.07) is 0. The van der Waals surface area contributed by atoms with Crippen molar-refractivity contribution in [3.8, 4) is 0 Å². The zero-order valence-corrected chi connectivity index (χ0v) is 6.36. The van der Waals surface area contributed by atoms with Crippen molar-refractivity contribution in [3.05, 3.63) is 0 Å². The van der Waals surface area contributed by atoms with Crippen molar-refractivity contribution in [2.45, 2.75) is 13.8 Å². The number of hydrogen-bond donors (Lipinski definition) is 0. The van der Waals surface area contributed by atoms with E-state index in [2.05, 4.69) is 14.7 Å². The first-order valence-corrected chi connectivity index (χ1v) is 3.04. The minimum absolute atomic E-state index is 0.0815. The van der Waals surface area contributed by atoms with Crippen LogP contribution in [0.3, 0.4) is 0 Å². The van der Waals surface area contributed by atoms with Crippen molar-refractivity contribution < 1.29 is 19.2 Å². The van der Waals surface area contributed by atoms with Crippen LogP contribution in [0.4, 0.5) is 4.79 Å². The molecule has 5 heteroatoms. The lowest BCUT2D eigenvalue weighted by Crippen LogP contribution is -2.05. The number of aldehydes is 1. The molecule has 0 radical (unpaired) electrons. The van der Waals surface area contributed by atoms with Crippen molar-refractivity contribution in [2.75, 3.05) is 6.61 Å². The van der Waals surface area contributed by atoms with Crippen LogP contribution in [-0.2, 0) is 14.4 Å². The van der Waals surface area contributed by atoms with Crippen molar-refractivity contribution in [1.82, 2.24) is 0 Å². The van der Waals surface area contributed by atoms with Crippen LogP contribution in [0.5, 0.6) is 0 Å². The first-order chi connectivity index (χ1) is 5.20. The molecule has 0 fully saturated rings. The number of carbonyl (C=O) groups excluding carboxylic acids is 2. The molecular formula is C6H9NO4. The van der Waals surface area contributed by atoms with E-state index in [1.807, 2.05) is 0 Å². The molecule has 0 rings (SSSR count). The second-order valence-corrected chi connectivity index (χ2v) is 1.62. The number of carbonyl (C=O) groups is 2. The summed E-state index contributed by atoms with van der Waals surface area (Å²) in [5.41, 5.74) is 0.0815. The van der Waals surface area contributed by atoms with Gasteiger partial charge >= 0.3 is 6.16 Å².